The van der Waals surface area contributed by atoms with E-state index in [0.717, 1.165) is 24.2 Å². The van der Waals surface area contributed by atoms with Gasteiger partial charge in [0.15, 0.2) is 0 Å². The summed E-state index contributed by atoms with van der Waals surface area (Å²) in [4.78, 5) is 2.55. The van der Waals surface area contributed by atoms with Crippen LogP contribution in [0.1, 0.15) is 30.9 Å². The molecule has 3 heteroatoms. The van der Waals surface area contributed by atoms with Gasteiger partial charge in [0.1, 0.15) is 0 Å². The highest BCUT2D eigenvalue weighted by molar-refractivity contribution is 5.37. The first-order chi connectivity index (χ1) is 9.29. The van der Waals surface area contributed by atoms with Gasteiger partial charge in [-0.15, -0.1) is 0 Å². The smallest absolute Gasteiger partial charge is 0.0995 e. The van der Waals surface area contributed by atoms with Crippen molar-refractivity contribution in [2.24, 2.45) is 5.92 Å². The molecule has 0 amide bonds. The molecule has 1 N–H and O–H groups in total. The molecule has 102 valence electrons. The van der Waals surface area contributed by atoms with Crippen LogP contribution in [-0.2, 0) is 6.54 Å². The van der Waals surface area contributed by atoms with Crippen LogP contribution in [0.2, 0.25) is 0 Å². The zero-order valence-electron chi connectivity index (χ0n) is 11.7. The van der Waals surface area contributed by atoms with Crippen LogP contribution in [0.3, 0.4) is 0 Å². The topological polar surface area (TPSA) is 39.1 Å². The molecule has 3 nitrogen and oxygen atoms in total. The lowest BCUT2D eigenvalue weighted by Crippen LogP contribution is -2.31. The molecule has 0 bridgehead atoms. The lowest BCUT2D eigenvalue weighted by molar-refractivity contribution is 0.282. The number of nitrogens with zero attached hydrogens (tertiary/aromatic N) is 2. The molecule has 1 aromatic rings. The van der Waals surface area contributed by atoms with Crippen LogP contribution < -0.4 is 5.32 Å². The molecule has 1 heterocycles. The number of hydrogen-bond donors (Lipinski definition) is 1. The van der Waals surface area contributed by atoms with Gasteiger partial charge < -0.3 is 10.2 Å². The van der Waals surface area contributed by atoms with Gasteiger partial charge in [0.05, 0.1) is 11.6 Å². The Morgan fingerprint density at radius 3 is 2.79 bits per heavy atom. The summed E-state index contributed by atoms with van der Waals surface area (Å²) in [5.74, 6) is 0.660. The minimum atomic E-state index is 0.660. The third-order valence-corrected chi connectivity index (χ3v) is 3.71. The van der Waals surface area contributed by atoms with E-state index in [4.69, 9.17) is 5.26 Å². The van der Waals surface area contributed by atoms with Crippen molar-refractivity contribution in [2.75, 3.05) is 26.2 Å². The van der Waals surface area contributed by atoms with Gasteiger partial charge in [-0.25, -0.2) is 0 Å². The number of nitriles is 1. The van der Waals surface area contributed by atoms with E-state index in [1.807, 2.05) is 24.3 Å². The summed E-state index contributed by atoms with van der Waals surface area (Å²) in [6, 6.07) is 10.1. The monoisotopic (exact) mass is 257 g/mol. The fourth-order valence-electron chi connectivity index (χ4n) is 2.71. The average Bonchev–Trinajstić information content (AvgIpc) is 2.92. The molecular formula is C16H23N3. The van der Waals surface area contributed by atoms with Crippen LogP contribution >= 0.6 is 0 Å². The lowest BCUT2D eigenvalue weighted by atomic mass is 10.1. The standard InChI is InChI=1S/C16H23N3/c1-14(13-19-8-4-5-9-19)11-18-12-16-7-3-2-6-15(16)10-17/h2-3,6-7,14,18H,4-5,8-9,11-13H2,1H3. The average molecular weight is 257 g/mol. The number of nitrogens with one attached hydrogen (secondary N) is 1. The van der Waals surface area contributed by atoms with Crippen molar-refractivity contribution in [3.63, 3.8) is 0 Å². The van der Waals surface area contributed by atoms with Crippen LogP contribution in [0.5, 0.6) is 0 Å². The molecule has 1 unspecified atom stereocenters. The minimum Gasteiger partial charge on any atom is -0.312 e. The SMILES string of the molecule is CC(CNCc1ccccc1C#N)CN1CCCC1. The zero-order valence-corrected chi connectivity index (χ0v) is 11.7. The van der Waals surface area contributed by atoms with E-state index < -0.39 is 0 Å². The summed E-state index contributed by atoms with van der Waals surface area (Å²) >= 11 is 0. The van der Waals surface area contributed by atoms with Gasteiger partial charge in [-0.3, -0.25) is 0 Å². The molecule has 0 saturated carbocycles. The molecule has 1 aliphatic rings. The molecule has 2 rings (SSSR count). The number of hydrogen-bond acceptors (Lipinski definition) is 3. The van der Waals surface area contributed by atoms with Crippen LogP contribution in [-0.4, -0.2) is 31.1 Å². The van der Waals surface area contributed by atoms with Crippen LogP contribution in [0.25, 0.3) is 0 Å². The maximum absolute atomic E-state index is 9.03. The predicted octanol–water partition coefficient (Wildman–Crippen LogP) is 2.38. The highest BCUT2D eigenvalue weighted by Gasteiger charge is 2.14. The Morgan fingerprint density at radius 1 is 1.32 bits per heavy atom. The molecule has 0 aromatic heterocycles. The second-order valence-electron chi connectivity index (χ2n) is 5.51. The maximum Gasteiger partial charge on any atom is 0.0995 e. The Morgan fingerprint density at radius 2 is 2.05 bits per heavy atom. The van der Waals surface area contributed by atoms with Gasteiger partial charge in [0.2, 0.25) is 0 Å². The second-order valence-corrected chi connectivity index (χ2v) is 5.51. The van der Waals surface area contributed by atoms with Crippen molar-refractivity contribution in [3.8, 4) is 6.07 Å². The fraction of sp³-hybridized carbons (Fsp3) is 0.562. The summed E-state index contributed by atoms with van der Waals surface area (Å²) < 4.78 is 0. The molecule has 0 aliphatic carbocycles. The van der Waals surface area contributed by atoms with Crippen molar-refractivity contribution in [3.05, 3.63) is 35.4 Å². The van der Waals surface area contributed by atoms with E-state index >= 15 is 0 Å². The first kappa shape index (κ1) is 14.0. The maximum atomic E-state index is 9.03. The van der Waals surface area contributed by atoms with Gasteiger partial charge >= 0.3 is 0 Å². The Labute approximate surface area is 116 Å². The van der Waals surface area contributed by atoms with Gasteiger partial charge in [0, 0.05) is 13.1 Å². The minimum absolute atomic E-state index is 0.660. The molecule has 1 atom stereocenters. The van der Waals surface area contributed by atoms with Crippen LogP contribution in [0.4, 0.5) is 0 Å². The largest absolute Gasteiger partial charge is 0.312 e. The lowest BCUT2D eigenvalue weighted by Gasteiger charge is -2.20. The normalized spacial score (nSPS) is 17.3. The molecule has 19 heavy (non-hydrogen) atoms. The molecule has 1 saturated heterocycles. The first-order valence-corrected chi connectivity index (χ1v) is 7.20. The molecule has 1 fully saturated rings. The van der Waals surface area contributed by atoms with E-state index in [0.29, 0.717) is 5.92 Å². The van der Waals surface area contributed by atoms with Gasteiger partial charge in [0.25, 0.3) is 0 Å². The van der Waals surface area contributed by atoms with Crippen molar-refractivity contribution in [1.29, 1.82) is 5.26 Å². The molecular weight excluding hydrogens is 234 g/mol. The summed E-state index contributed by atoms with van der Waals surface area (Å²) in [7, 11) is 0. The zero-order chi connectivity index (χ0) is 13.5. The van der Waals surface area contributed by atoms with Crippen LogP contribution in [0.15, 0.2) is 24.3 Å². The van der Waals surface area contributed by atoms with Gasteiger partial charge in [-0.05, 0) is 50.0 Å². The summed E-state index contributed by atoms with van der Waals surface area (Å²) in [6.45, 7) is 7.81. The summed E-state index contributed by atoms with van der Waals surface area (Å²) in [5.41, 5.74) is 1.88. The van der Waals surface area contributed by atoms with Crippen molar-refractivity contribution in [2.45, 2.75) is 26.3 Å². The van der Waals surface area contributed by atoms with E-state index in [-0.39, 0.29) is 0 Å². The molecule has 1 aromatic carbocycles. The Kier molecular flexibility index (Phi) is 5.38. The highest BCUT2D eigenvalue weighted by Crippen LogP contribution is 2.10. The summed E-state index contributed by atoms with van der Waals surface area (Å²) in [6.07, 6.45) is 2.71. The highest BCUT2D eigenvalue weighted by atomic mass is 15.1. The Balaban J connectivity index is 1.72. The summed E-state index contributed by atoms with van der Waals surface area (Å²) in [5, 5.41) is 12.5. The van der Waals surface area contributed by atoms with Crippen molar-refractivity contribution < 1.29 is 0 Å². The van der Waals surface area contributed by atoms with Gasteiger partial charge in [-0.1, -0.05) is 25.1 Å². The van der Waals surface area contributed by atoms with Crippen molar-refractivity contribution >= 4 is 0 Å². The first-order valence-electron chi connectivity index (χ1n) is 7.20. The number of likely N-dealkylation sites (tertiary alicyclic amines) is 1. The number of benzene rings is 1. The van der Waals surface area contributed by atoms with E-state index in [9.17, 15) is 0 Å². The van der Waals surface area contributed by atoms with Crippen molar-refractivity contribution in [1.82, 2.24) is 10.2 Å². The van der Waals surface area contributed by atoms with E-state index in [1.165, 1.54) is 32.5 Å². The fourth-order valence-corrected chi connectivity index (χ4v) is 2.71. The second kappa shape index (κ2) is 7.28. The quantitative estimate of drug-likeness (QED) is 0.850. The molecule has 1 aliphatic heterocycles. The predicted molar refractivity (Wildman–Crippen MR) is 77.7 cm³/mol. The van der Waals surface area contributed by atoms with Gasteiger partial charge in [-0.2, -0.15) is 5.26 Å². The van der Waals surface area contributed by atoms with E-state index in [2.05, 4.69) is 23.2 Å². The third-order valence-electron chi connectivity index (χ3n) is 3.71. The molecule has 0 spiro atoms. The van der Waals surface area contributed by atoms with E-state index in [1.54, 1.807) is 0 Å². The Hall–Kier alpha value is -1.37. The number of rotatable bonds is 6. The van der Waals surface area contributed by atoms with Crippen LogP contribution in [0, 0.1) is 17.2 Å². The molecule has 0 radical (unpaired) electrons. The third kappa shape index (κ3) is 4.34. The Bertz CT molecular complexity index is 430.